The normalized spacial score (nSPS) is 9.95. The number of aromatic carboxylic acids is 1. The lowest BCUT2D eigenvalue weighted by atomic mass is 9.96. The zero-order chi connectivity index (χ0) is 15.3. The smallest absolute Gasteiger partial charge is 0.336 e. The molecule has 0 aromatic heterocycles. The van der Waals surface area contributed by atoms with Crippen LogP contribution in [0.4, 0.5) is 0 Å². The van der Waals surface area contributed by atoms with Crippen molar-refractivity contribution in [2.45, 2.75) is 20.8 Å². The highest BCUT2D eigenvalue weighted by atomic mass is 16.4. The van der Waals surface area contributed by atoms with Crippen molar-refractivity contribution in [2.24, 2.45) is 0 Å². The van der Waals surface area contributed by atoms with Gasteiger partial charge < -0.3 is 15.7 Å². The van der Waals surface area contributed by atoms with E-state index in [1.54, 1.807) is 32.9 Å². The Morgan fingerprint density at radius 1 is 1.05 bits per heavy atom. The van der Waals surface area contributed by atoms with E-state index >= 15 is 0 Å². The number of carboxylic acid groups (broad SMARTS) is 1. The Balaban J connectivity index is 3.01. The SMILES string of the molecule is CCNC(=O)CNC(=O)c1c(C)ccc(C)c1C(=O)O. The molecule has 1 rings (SSSR count). The van der Waals surface area contributed by atoms with Gasteiger partial charge >= 0.3 is 5.97 Å². The molecular weight excluding hydrogens is 260 g/mol. The van der Waals surface area contributed by atoms with Crippen LogP contribution in [-0.4, -0.2) is 36.0 Å². The first-order valence-electron chi connectivity index (χ1n) is 6.26. The number of hydrogen-bond acceptors (Lipinski definition) is 3. The second-order valence-corrected chi connectivity index (χ2v) is 4.39. The first-order valence-corrected chi connectivity index (χ1v) is 6.26. The summed E-state index contributed by atoms with van der Waals surface area (Å²) in [6, 6.07) is 3.34. The minimum absolute atomic E-state index is 0.0293. The van der Waals surface area contributed by atoms with Crippen molar-refractivity contribution in [3.05, 3.63) is 34.4 Å². The highest BCUT2D eigenvalue weighted by Gasteiger charge is 2.21. The molecule has 108 valence electrons. The minimum Gasteiger partial charge on any atom is -0.478 e. The van der Waals surface area contributed by atoms with Gasteiger partial charge in [0.25, 0.3) is 5.91 Å². The summed E-state index contributed by atoms with van der Waals surface area (Å²) >= 11 is 0. The molecule has 6 heteroatoms. The molecule has 0 bridgehead atoms. The summed E-state index contributed by atoms with van der Waals surface area (Å²) < 4.78 is 0. The van der Waals surface area contributed by atoms with Crippen LogP contribution in [0.1, 0.15) is 38.8 Å². The molecule has 0 spiro atoms. The Morgan fingerprint density at radius 2 is 1.60 bits per heavy atom. The lowest BCUT2D eigenvalue weighted by Crippen LogP contribution is -2.37. The molecule has 1 aromatic carbocycles. The molecular formula is C14H18N2O4. The van der Waals surface area contributed by atoms with Crippen molar-refractivity contribution >= 4 is 17.8 Å². The number of carboxylic acids is 1. The Labute approximate surface area is 117 Å². The van der Waals surface area contributed by atoms with Crippen molar-refractivity contribution in [3.8, 4) is 0 Å². The average Bonchev–Trinajstić information content (AvgIpc) is 2.38. The number of hydrogen-bond donors (Lipinski definition) is 3. The van der Waals surface area contributed by atoms with Gasteiger partial charge in [-0.3, -0.25) is 9.59 Å². The van der Waals surface area contributed by atoms with Gasteiger partial charge in [-0.25, -0.2) is 4.79 Å². The van der Waals surface area contributed by atoms with Gasteiger partial charge in [0, 0.05) is 6.54 Å². The van der Waals surface area contributed by atoms with Gasteiger partial charge in [-0.2, -0.15) is 0 Å². The summed E-state index contributed by atoms with van der Waals surface area (Å²) in [5.41, 5.74) is 1.13. The summed E-state index contributed by atoms with van der Waals surface area (Å²) in [6.07, 6.45) is 0. The molecule has 2 amide bonds. The van der Waals surface area contributed by atoms with Crippen LogP contribution in [-0.2, 0) is 4.79 Å². The molecule has 0 saturated heterocycles. The van der Waals surface area contributed by atoms with Gasteiger partial charge in [-0.05, 0) is 31.9 Å². The van der Waals surface area contributed by atoms with Crippen molar-refractivity contribution in [2.75, 3.05) is 13.1 Å². The van der Waals surface area contributed by atoms with E-state index in [1.807, 2.05) is 0 Å². The van der Waals surface area contributed by atoms with Crippen LogP contribution in [0.2, 0.25) is 0 Å². The summed E-state index contributed by atoms with van der Waals surface area (Å²) in [5.74, 6) is -2.03. The van der Waals surface area contributed by atoms with Crippen LogP contribution < -0.4 is 10.6 Å². The third-order valence-corrected chi connectivity index (χ3v) is 2.85. The monoisotopic (exact) mass is 278 g/mol. The van der Waals surface area contributed by atoms with E-state index in [1.165, 1.54) is 0 Å². The molecule has 0 heterocycles. The van der Waals surface area contributed by atoms with Gasteiger partial charge in [-0.1, -0.05) is 12.1 Å². The molecule has 0 aliphatic rings. The molecule has 1 aromatic rings. The standard InChI is InChI=1S/C14H18N2O4/c1-4-15-10(17)7-16-13(18)11-8(2)5-6-9(3)12(11)14(19)20/h5-6H,4,7H2,1-3H3,(H,15,17)(H,16,18)(H,19,20). The number of carbonyl (C=O) groups is 3. The van der Waals surface area contributed by atoms with Crippen molar-refractivity contribution in [3.63, 3.8) is 0 Å². The van der Waals surface area contributed by atoms with E-state index in [0.717, 1.165) is 0 Å². The summed E-state index contributed by atoms with van der Waals surface area (Å²) in [6.45, 7) is 5.35. The maximum atomic E-state index is 12.1. The predicted octanol–water partition coefficient (Wildman–Crippen LogP) is 0.868. The highest BCUT2D eigenvalue weighted by Crippen LogP contribution is 2.18. The molecule has 20 heavy (non-hydrogen) atoms. The van der Waals surface area contributed by atoms with E-state index in [0.29, 0.717) is 17.7 Å². The fourth-order valence-corrected chi connectivity index (χ4v) is 1.89. The van der Waals surface area contributed by atoms with Gasteiger partial charge in [0.2, 0.25) is 5.91 Å². The Bertz CT molecular complexity index is 552. The number of rotatable bonds is 5. The van der Waals surface area contributed by atoms with Gasteiger partial charge in [0.15, 0.2) is 0 Å². The third kappa shape index (κ3) is 3.57. The van der Waals surface area contributed by atoms with Crippen molar-refractivity contribution in [1.29, 1.82) is 0 Å². The fraction of sp³-hybridized carbons (Fsp3) is 0.357. The Morgan fingerprint density at radius 3 is 2.10 bits per heavy atom. The maximum Gasteiger partial charge on any atom is 0.336 e. The third-order valence-electron chi connectivity index (χ3n) is 2.85. The lowest BCUT2D eigenvalue weighted by molar-refractivity contribution is -0.120. The number of aryl methyl sites for hydroxylation is 2. The number of amides is 2. The largest absolute Gasteiger partial charge is 0.478 e. The number of benzene rings is 1. The molecule has 0 unspecified atom stereocenters. The van der Waals surface area contributed by atoms with Gasteiger partial charge in [-0.15, -0.1) is 0 Å². The molecule has 3 N–H and O–H groups in total. The zero-order valence-electron chi connectivity index (χ0n) is 11.7. The van der Waals surface area contributed by atoms with Crippen LogP contribution in [0.3, 0.4) is 0 Å². The van der Waals surface area contributed by atoms with Crippen LogP contribution in [0.5, 0.6) is 0 Å². The van der Waals surface area contributed by atoms with E-state index < -0.39 is 11.9 Å². The van der Waals surface area contributed by atoms with Crippen molar-refractivity contribution in [1.82, 2.24) is 10.6 Å². The number of carbonyl (C=O) groups excluding carboxylic acids is 2. The second kappa shape index (κ2) is 6.70. The molecule has 0 fully saturated rings. The van der Waals surface area contributed by atoms with Gasteiger partial charge in [0.1, 0.15) is 0 Å². The molecule has 6 nitrogen and oxygen atoms in total. The van der Waals surface area contributed by atoms with Crippen molar-refractivity contribution < 1.29 is 19.5 Å². The van der Waals surface area contributed by atoms with Crippen LogP contribution in [0.25, 0.3) is 0 Å². The fourth-order valence-electron chi connectivity index (χ4n) is 1.89. The topological polar surface area (TPSA) is 95.5 Å². The number of nitrogens with one attached hydrogen (secondary N) is 2. The Hall–Kier alpha value is -2.37. The first-order chi connectivity index (χ1) is 9.38. The van der Waals surface area contributed by atoms with E-state index in [9.17, 15) is 19.5 Å². The minimum atomic E-state index is -1.16. The Kier molecular flexibility index (Phi) is 5.25. The second-order valence-electron chi connectivity index (χ2n) is 4.39. The van der Waals surface area contributed by atoms with E-state index in [4.69, 9.17) is 0 Å². The van der Waals surface area contributed by atoms with Gasteiger partial charge in [0.05, 0.1) is 17.7 Å². The lowest BCUT2D eigenvalue weighted by Gasteiger charge is -2.12. The molecule has 0 saturated carbocycles. The summed E-state index contributed by atoms with van der Waals surface area (Å²) in [4.78, 5) is 34.7. The van der Waals surface area contributed by atoms with Crippen LogP contribution in [0, 0.1) is 13.8 Å². The molecule has 0 aliphatic heterocycles. The number of likely N-dealkylation sites (N-methyl/N-ethyl adjacent to an activating group) is 1. The molecule has 0 aliphatic carbocycles. The summed E-state index contributed by atoms with van der Waals surface area (Å²) in [7, 11) is 0. The average molecular weight is 278 g/mol. The highest BCUT2D eigenvalue weighted by molar-refractivity contribution is 6.07. The first kappa shape index (κ1) is 15.7. The molecule has 0 radical (unpaired) electrons. The molecule has 0 atom stereocenters. The van der Waals surface area contributed by atoms with Crippen LogP contribution in [0.15, 0.2) is 12.1 Å². The van der Waals surface area contributed by atoms with E-state index in [-0.39, 0.29) is 23.6 Å². The predicted molar refractivity (Wildman–Crippen MR) is 73.9 cm³/mol. The zero-order valence-corrected chi connectivity index (χ0v) is 11.7. The van der Waals surface area contributed by atoms with E-state index in [2.05, 4.69) is 10.6 Å². The quantitative estimate of drug-likeness (QED) is 0.744. The van der Waals surface area contributed by atoms with Crippen LogP contribution >= 0.6 is 0 Å². The summed E-state index contributed by atoms with van der Waals surface area (Å²) in [5, 5.41) is 14.2. The maximum absolute atomic E-state index is 12.1.